The van der Waals surface area contributed by atoms with Crippen molar-refractivity contribution in [1.29, 1.82) is 0 Å². The van der Waals surface area contributed by atoms with Crippen molar-refractivity contribution in [3.05, 3.63) is 12.2 Å². The van der Waals surface area contributed by atoms with E-state index in [0.29, 0.717) is 31.0 Å². The molecule has 4 atom stereocenters. The lowest BCUT2D eigenvalue weighted by atomic mass is 9.86. The molecule has 0 aromatic rings. The maximum atomic E-state index is 12.1. The second-order valence-corrected chi connectivity index (χ2v) is 28.5. The molecule has 0 unspecified atom stereocenters. The first-order chi connectivity index (χ1) is 19.5. The SMILES string of the molecule is CCCCC[C@@H](CC[C@H]1[C@H](O[Si](C)(C)C)C/C(=N\OCCCC)[C@@H]1C/C=C\CCCC(=O)O[Si](C)(C)C)O[Si](C)(C)C. The van der Waals surface area contributed by atoms with Gasteiger partial charge in [-0.1, -0.05) is 56.8 Å². The van der Waals surface area contributed by atoms with E-state index in [9.17, 15) is 4.79 Å². The van der Waals surface area contributed by atoms with Gasteiger partial charge in [-0.3, -0.25) is 4.79 Å². The van der Waals surface area contributed by atoms with E-state index >= 15 is 0 Å². The van der Waals surface area contributed by atoms with Crippen LogP contribution < -0.4 is 0 Å². The van der Waals surface area contributed by atoms with Gasteiger partial charge in [0.25, 0.3) is 5.97 Å². The fourth-order valence-electron chi connectivity index (χ4n) is 5.62. The summed E-state index contributed by atoms with van der Waals surface area (Å²) in [5.41, 5.74) is 1.16. The van der Waals surface area contributed by atoms with Crippen LogP contribution in [0.25, 0.3) is 0 Å². The van der Waals surface area contributed by atoms with E-state index in [2.05, 4.69) is 84.9 Å². The van der Waals surface area contributed by atoms with Gasteiger partial charge in [0.1, 0.15) is 6.61 Å². The van der Waals surface area contributed by atoms with Crippen LogP contribution in [0.1, 0.15) is 97.3 Å². The van der Waals surface area contributed by atoms with Crippen LogP contribution in [0.3, 0.4) is 0 Å². The third-order valence-corrected chi connectivity index (χ3v) is 10.2. The molecule has 0 amide bonds. The number of unbranched alkanes of at least 4 members (excludes halogenated alkanes) is 4. The minimum atomic E-state index is -1.82. The second kappa shape index (κ2) is 19.6. The number of carbonyl (C=O) groups excluding carboxylic acids is 1. The average molecular weight is 642 g/mol. The highest BCUT2D eigenvalue weighted by Gasteiger charge is 2.43. The molecule has 0 radical (unpaired) electrons. The van der Waals surface area contributed by atoms with E-state index in [1.165, 1.54) is 19.3 Å². The second-order valence-electron chi connectivity index (χ2n) is 15.1. The zero-order chi connectivity index (χ0) is 31.8. The monoisotopic (exact) mass is 641 g/mol. The fraction of sp³-hybridized carbons (Fsp3) is 0.879. The molecule has 1 saturated carbocycles. The number of nitrogens with zero attached hydrogens (tertiary/aromatic N) is 1. The van der Waals surface area contributed by atoms with Crippen molar-refractivity contribution in [2.75, 3.05) is 6.61 Å². The molecule has 1 rings (SSSR count). The van der Waals surface area contributed by atoms with Gasteiger partial charge in [0.2, 0.25) is 8.32 Å². The third-order valence-electron chi connectivity index (χ3n) is 7.31. The van der Waals surface area contributed by atoms with Crippen LogP contribution in [-0.4, -0.2) is 55.4 Å². The summed E-state index contributed by atoms with van der Waals surface area (Å²) in [5.74, 6) is 0.655. The minimum Gasteiger partial charge on any atom is -0.520 e. The van der Waals surface area contributed by atoms with Gasteiger partial charge in [0.15, 0.2) is 16.6 Å². The summed E-state index contributed by atoms with van der Waals surface area (Å²) in [5, 5.41) is 4.73. The highest BCUT2D eigenvalue weighted by atomic mass is 28.4. The summed E-state index contributed by atoms with van der Waals surface area (Å²) >= 11 is 0. The van der Waals surface area contributed by atoms with E-state index in [-0.39, 0.29) is 12.1 Å². The van der Waals surface area contributed by atoms with Crippen molar-refractivity contribution in [3.63, 3.8) is 0 Å². The zero-order valence-electron chi connectivity index (χ0n) is 29.4. The summed E-state index contributed by atoms with van der Waals surface area (Å²) in [6.45, 7) is 25.1. The summed E-state index contributed by atoms with van der Waals surface area (Å²) in [6, 6.07) is 0. The van der Waals surface area contributed by atoms with Gasteiger partial charge in [-0.05, 0) is 110 Å². The number of allylic oxidation sites excluding steroid dienone is 2. The summed E-state index contributed by atoms with van der Waals surface area (Å²) < 4.78 is 19.1. The Balaban J connectivity index is 3.05. The Labute approximate surface area is 263 Å². The number of carbonyl (C=O) groups is 1. The van der Waals surface area contributed by atoms with E-state index in [0.717, 1.165) is 63.5 Å². The molecule has 0 aromatic heterocycles. The molecule has 0 heterocycles. The van der Waals surface area contributed by atoms with Gasteiger partial charge >= 0.3 is 0 Å². The Morgan fingerprint density at radius 2 is 1.57 bits per heavy atom. The Kier molecular flexibility index (Phi) is 18.3. The van der Waals surface area contributed by atoms with Crippen LogP contribution >= 0.6 is 0 Å². The van der Waals surface area contributed by atoms with Crippen molar-refractivity contribution in [2.24, 2.45) is 17.0 Å². The molecule has 1 aliphatic carbocycles. The molecular formula is C33H67NO5Si3. The average Bonchev–Trinajstić information content (AvgIpc) is 3.14. The predicted octanol–water partition coefficient (Wildman–Crippen LogP) is 10.1. The lowest BCUT2D eigenvalue weighted by molar-refractivity contribution is -0.135. The molecule has 9 heteroatoms. The predicted molar refractivity (Wildman–Crippen MR) is 187 cm³/mol. The Bertz CT molecular complexity index is 814. The lowest BCUT2D eigenvalue weighted by Gasteiger charge is -2.32. The summed E-state index contributed by atoms with van der Waals surface area (Å²) in [6.07, 6.45) is 18.2. The van der Waals surface area contributed by atoms with E-state index in [4.69, 9.17) is 23.3 Å². The van der Waals surface area contributed by atoms with Crippen LogP contribution in [0.5, 0.6) is 0 Å². The van der Waals surface area contributed by atoms with Crippen molar-refractivity contribution in [2.45, 2.75) is 168 Å². The third kappa shape index (κ3) is 18.8. The van der Waals surface area contributed by atoms with E-state index in [1.807, 2.05) is 0 Å². The Morgan fingerprint density at radius 3 is 2.17 bits per heavy atom. The fourth-order valence-corrected chi connectivity index (χ4v) is 8.81. The maximum absolute atomic E-state index is 12.1. The Morgan fingerprint density at radius 1 is 0.881 bits per heavy atom. The lowest BCUT2D eigenvalue weighted by Crippen LogP contribution is -2.36. The smallest absolute Gasteiger partial charge is 0.292 e. The van der Waals surface area contributed by atoms with Crippen molar-refractivity contribution in [1.82, 2.24) is 0 Å². The first-order valence-corrected chi connectivity index (χ1v) is 27.2. The molecule has 0 saturated heterocycles. The van der Waals surface area contributed by atoms with Gasteiger partial charge in [-0.25, -0.2) is 0 Å². The molecule has 1 fully saturated rings. The number of hydrogen-bond donors (Lipinski definition) is 0. The zero-order valence-corrected chi connectivity index (χ0v) is 32.4. The van der Waals surface area contributed by atoms with Crippen LogP contribution in [0, 0.1) is 11.8 Å². The molecule has 0 N–H and O–H groups in total. The maximum Gasteiger partial charge on any atom is 0.292 e. The molecule has 42 heavy (non-hydrogen) atoms. The molecule has 0 bridgehead atoms. The highest BCUT2D eigenvalue weighted by molar-refractivity contribution is 6.71. The van der Waals surface area contributed by atoms with Crippen molar-refractivity contribution >= 4 is 36.6 Å². The van der Waals surface area contributed by atoms with Gasteiger partial charge in [-0.2, -0.15) is 0 Å². The largest absolute Gasteiger partial charge is 0.520 e. The normalized spacial score (nSPS) is 21.8. The molecule has 1 aliphatic rings. The van der Waals surface area contributed by atoms with Gasteiger partial charge < -0.3 is 18.1 Å². The van der Waals surface area contributed by atoms with Gasteiger partial charge in [-0.15, -0.1) is 0 Å². The van der Waals surface area contributed by atoms with Crippen LogP contribution in [0.4, 0.5) is 0 Å². The molecular weight excluding hydrogens is 575 g/mol. The molecule has 0 aliphatic heterocycles. The number of oxime groups is 1. The number of rotatable bonds is 22. The molecule has 6 nitrogen and oxygen atoms in total. The first-order valence-electron chi connectivity index (χ1n) is 17.0. The van der Waals surface area contributed by atoms with Crippen LogP contribution in [-0.2, 0) is 22.9 Å². The van der Waals surface area contributed by atoms with Gasteiger partial charge in [0.05, 0.1) is 11.8 Å². The quantitative estimate of drug-likeness (QED) is 0.0509. The molecule has 246 valence electrons. The number of hydrogen-bond acceptors (Lipinski definition) is 6. The van der Waals surface area contributed by atoms with E-state index < -0.39 is 25.0 Å². The van der Waals surface area contributed by atoms with Crippen molar-refractivity contribution < 1.29 is 22.9 Å². The van der Waals surface area contributed by atoms with E-state index in [1.54, 1.807) is 0 Å². The highest BCUT2D eigenvalue weighted by Crippen LogP contribution is 2.40. The molecule has 0 aromatic carbocycles. The Hall–Kier alpha value is -0.749. The van der Waals surface area contributed by atoms with Crippen LogP contribution in [0.15, 0.2) is 17.3 Å². The summed E-state index contributed by atoms with van der Waals surface area (Å²) in [4.78, 5) is 18.0. The summed E-state index contributed by atoms with van der Waals surface area (Å²) in [7, 11) is -5.19. The van der Waals surface area contributed by atoms with Gasteiger partial charge in [0, 0.05) is 24.9 Å². The standard InChI is InChI=1S/C33H67NO5Si3/c1-12-14-18-21-28(37-40(3,4)5)24-25-30-29(22-19-16-17-20-23-33(35)39-42(9,10)11)31(34-36-26-15-13-2)27-32(30)38-41(6,7)8/h16,19,28-30,32H,12-15,17-18,20-27H2,1-11H3/b19-16-,34-31+/t28-,29+,30+,32+/m0/s1. The minimum absolute atomic E-state index is 0.0579. The first kappa shape index (κ1) is 39.3. The topological polar surface area (TPSA) is 66.4 Å². The van der Waals surface area contributed by atoms with Crippen molar-refractivity contribution in [3.8, 4) is 0 Å². The molecule has 0 spiro atoms. The van der Waals surface area contributed by atoms with Crippen LogP contribution in [0.2, 0.25) is 58.9 Å².